The van der Waals surface area contributed by atoms with E-state index in [-0.39, 0.29) is 12.0 Å². The number of benzene rings is 1. The average Bonchev–Trinajstić information content (AvgIpc) is 2.48. The number of nitrogens with zero attached hydrogens (tertiary/aromatic N) is 1. The topological polar surface area (TPSA) is 40.5 Å². The Morgan fingerprint density at radius 1 is 1.38 bits per heavy atom. The van der Waals surface area contributed by atoms with Crippen LogP contribution >= 0.6 is 0 Å². The molecule has 116 valence electrons. The molecule has 1 heterocycles. The lowest BCUT2D eigenvalue weighted by Crippen LogP contribution is -2.47. The standard InChI is InChI=1S/C18H27NO2/c1-14(10-11-16-7-4-3-5-8-16)13-19-12-6-9-17(15(19)2)18(20)21/h3-5,7-8,14-15,17H,6,9-13H2,1-2H3,(H,20,21)/t14?,15-,17-/m0/s1. The first-order valence-corrected chi connectivity index (χ1v) is 8.08. The molecular formula is C18H27NO2. The molecular weight excluding hydrogens is 262 g/mol. The highest BCUT2D eigenvalue weighted by Gasteiger charge is 2.33. The molecule has 1 saturated heterocycles. The molecule has 3 nitrogen and oxygen atoms in total. The van der Waals surface area contributed by atoms with Crippen molar-refractivity contribution in [2.45, 2.75) is 45.6 Å². The molecule has 1 aromatic carbocycles. The van der Waals surface area contributed by atoms with Crippen molar-refractivity contribution in [2.24, 2.45) is 11.8 Å². The highest BCUT2D eigenvalue weighted by Crippen LogP contribution is 2.25. The van der Waals surface area contributed by atoms with Gasteiger partial charge in [-0.05, 0) is 50.6 Å². The van der Waals surface area contributed by atoms with Crippen molar-refractivity contribution in [3.63, 3.8) is 0 Å². The van der Waals surface area contributed by atoms with E-state index in [1.165, 1.54) is 5.56 Å². The van der Waals surface area contributed by atoms with Crippen molar-refractivity contribution in [2.75, 3.05) is 13.1 Å². The average molecular weight is 289 g/mol. The van der Waals surface area contributed by atoms with E-state index in [1.807, 2.05) is 6.07 Å². The Balaban J connectivity index is 1.81. The van der Waals surface area contributed by atoms with Crippen LogP contribution in [0.1, 0.15) is 38.7 Å². The predicted octanol–water partition coefficient (Wildman–Crippen LogP) is 3.44. The first kappa shape index (κ1) is 16.0. The Kier molecular flexibility index (Phi) is 5.80. The summed E-state index contributed by atoms with van der Waals surface area (Å²) in [5.74, 6) is -0.232. The van der Waals surface area contributed by atoms with Crippen molar-refractivity contribution in [3.8, 4) is 0 Å². The van der Waals surface area contributed by atoms with E-state index >= 15 is 0 Å². The van der Waals surface area contributed by atoms with Gasteiger partial charge < -0.3 is 5.11 Å². The molecule has 21 heavy (non-hydrogen) atoms. The number of aryl methyl sites for hydroxylation is 1. The lowest BCUT2D eigenvalue weighted by Gasteiger charge is -2.38. The number of rotatable bonds is 6. The molecule has 2 rings (SSSR count). The van der Waals surface area contributed by atoms with Crippen LogP contribution in [0.3, 0.4) is 0 Å². The molecule has 1 aliphatic rings. The SMILES string of the molecule is CC(CCc1ccccc1)CN1CCC[C@H](C(=O)O)[C@@H]1C. The van der Waals surface area contributed by atoms with Gasteiger partial charge in [-0.3, -0.25) is 9.69 Å². The van der Waals surface area contributed by atoms with Crippen LogP contribution in [-0.4, -0.2) is 35.1 Å². The molecule has 3 heteroatoms. The maximum absolute atomic E-state index is 11.3. The number of hydrogen-bond donors (Lipinski definition) is 1. The highest BCUT2D eigenvalue weighted by atomic mass is 16.4. The molecule has 0 aromatic heterocycles. The van der Waals surface area contributed by atoms with Gasteiger partial charge in [0.05, 0.1) is 5.92 Å². The maximum atomic E-state index is 11.3. The van der Waals surface area contributed by atoms with Gasteiger partial charge in [-0.15, -0.1) is 0 Å². The summed E-state index contributed by atoms with van der Waals surface area (Å²) in [5, 5.41) is 9.29. The van der Waals surface area contributed by atoms with Crippen LogP contribution in [0.2, 0.25) is 0 Å². The Hall–Kier alpha value is -1.35. The summed E-state index contributed by atoms with van der Waals surface area (Å²) in [6, 6.07) is 10.7. The number of carboxylic acid groups (broad SMARTS) is 1. The zero-order valence-corrected chi connectivity index (χ0v) is 13.2. The summed E-state index contributed by atoms with van der Waals surface area (Å²) in [6.07, 6.45) is 4.09. The van der Waals surface area contributed by atoms with Crippen molar-refractivity contribution in [1.82, 2.24) is 4.90 Å². The van der Waals surface area contributed by atoms with E-state index in [0.717, 1.165) is 38.8 Å². The van der Waals surface area contributed by atoms with Crippen LogP contribution in [0, 0.1) is 11.8 Å². The van der Waals surface area contributed by atoms with Gasteiger partial charge in [-0.1, -0.05) is 37.3 Å². The minimum Gasteiger partial charge on any atom is -0.481 e. The summed E-state index contributed by atoms with van der Waals surface area (Å²) >= 11 is 0. The number of hydrogen-bond acceptors (Lipinski definition) is 2. The Labute approximate surface area is 128 Å². The smallest absolute Gasteiger partial charge is 0.308 e. The molecule has 1 aliphatic heterocycles. The fourth-order valence-corrected chi connectivity index (χ4v) is 3.35. The lowest BCUT2D eigenvalue weighted by molar-refractivity contribution is -0.145. The monoisotopic (exact) mass is 289 g/mol. The third kappa shape index (κ3) is 4.57. The quantitative estimate of drug-likeness (QED) is 0.872. The van der Waals surface area contributed by atoms with Gasteiger partial charge in [0.1, 0.15) is 0 Å². The third-order valence-corrected chi connectivity index (χ3v) is 4.75. The highest BCUT2D eigenvalue weighted by molar-refractivity contribution is 5.70. The molecule has 0 saturated carbocycles. The lowest BCUT2D eigenvalue weighted by atomic mass is 9.89. The Morgan fingerprint density at radius 3 is 2.76 bits per heavy atom. The molecule has 0 amide bonds. The van der Waals surface area contributed by atoms with E-state index in [9.17, 15) is 9.90 Å². The van der Waals surface area contributed by atoms with Crippen molar-refractivity contribution < 1.29 is 9.90 Å². The van der Waals surface area contributed by atoms with E-state index in [0.29, 0.717) is 5.92 Å². The van der Waals surface area contributed by atoms with Gasteiger partial charge >= 0.3 is 5.97 Å². The van der Waals surface area contributed by atoms with Crippen LogP contribution in [0.5, 0.6) is 0 Å². The third-order valence-electron chi connectivity index (χ3n) is 4.75. The molecule has 0 aliphatic carbocycles. The Bertz CT molecular complexity index is 446. The van der Waals surface area contributed by atoms with Crippen LogP contribution in [0.4, 0.5) is 0 Å². The second-order valence-corrected chi connectivity index (χ2v) is 6.45. The van der Waals surface area contributed by atoms with Crippen molar-refractivity contribution >= 4 is 5.97 Å². The van der Waals surface area contributed by atoms with E-state index in [2.05, 4.69) is 43.0 Å². The van der Waals surface area contributed by atoms with Gasteiger partial charge in [0, 0.05) is 12.6 Å². The second-order valence-electron chi connectivity index (χ2n) is 6.45. The number of likely N-dealkylation sites (tertiary alicyclic amines) is 1. The van der Waals surface area contributed by atoms with Gasteiger partial charge in [-0.25, -0.2) is 0 Å². The number of carbonyl (C=O) groups is 1. The molecule has 1 fully saturated rings. The first-order chi connectivity index (χ1) is 10.1. The molecule has 1 unspecified atom stereocenters. The predicted molar refractivity (Wildman–Crippen MR) is 85.3 cm³/mol. The summed E-state index contributed by atoms with van der Waals surface area (Å²) in [4.78, 5) is 13.7. The summed E-state index contributed by atoms with van der Waals surface area (Å²) in [6.45, 7) is 6.40. The second kappa shape index (κ2) is 7.60. The molecule has 1 N–H and O–H groups in total. The molecule has 3 atom stereocenters. The maximum Gasteiger partial charge on any atom is 0.308 e. The van der Waals surface area contributed by atoms with Gasteiger partial charge in [0.2, 0.25) is 0 Å². The fourth-order valence-electron chi connectivity index (χ4n) is 3.35. The van der Waals surface area contributed by atoms with E-state index in [4.69, 9.17) is 0 Å². The summed E-state index contributed by atoms with van der Waals surface area (Å²) in [5.41, 5.74) is 1.39. The van der Waals surface area contributed by atoms with E-state index < -0.39 is 5.97 Å². The molecule has 0 radical (unpaired) electrons. The van der Waals surface area contributed by atoms with Crippen LogP contribution < -0.4 is 0 Å². The minimum atomic E-state index is -0.635. The van der Waals surface area contributed by atoms with Crippen molar-refractivity contribution in [1.29, 1.82) is 0 Å². The zero-order valence-electron chi connectivity index (χ0n) is 13.2. The first-order valence-electron chi connectivity index (χ1n) is 8.08. The number of piperidine rings is 1. The van der Waals surface area contributed by atoms with E-state index in [1.54, 1.807) is 0 Å². The molecule has 1 aromatic rings. The minimum absolute atomic E-state index is 0.162. The number of carboxylic acids is 1. The molecule has 0 spiro atoms. The van der Waals surface area contributed by atoms with Gasteiger partial charge in [0.15, 0.2) is 0 Å². The van der Waals surface area contributed by atoms with Gasteiger partial charge in [-0.2, -0.15) is 0 Å². The van der Waals surface area contributed by atoms with Crippen LogP contribution in [0.15, 0.2) is 30.3 Å². The largest absolute Gasteiger partial charge is 0.481 e. The van der Waals surface area contributed by atoms with Crippen LogP contribution in [-0.2, 0) is 11.2 Å². The fraction of sp³-hybridized carbons (Fsp3) is 0.611. The molecule has 0 bridgehead atoms. The summed E-state index contributed by atoms with van der Waals surface area (Å²) < 4.78 is 0. The number of aliphatic carboxylic acids is 1. The Morgan fingerprint density at radius 2 is 2.10 bits per heavy atom. The van der Waals surface area contributed by atoms with Crippen molar-refractivity contribution in [3.05, 3.63) is 35.9 Å². The zero-order chi connectivity index (χ0) is 15.2. The summed E-state index contributed by atoms with van der Waals surface area (Å²) in [7, 11) is 0. The van der Waals surface area contributed by atoms with Gasteiger partial charge in [0.25, 0.3) is 0 Å². The van der Waals surface area contributed by atoms with Crippen LogP contribution in [0.25, 0.3) is 0 Å². The normalized spacial score (nSPS) is 24.7.